The molecule has 1 aromatic rings. The van der Waals surface area contributed by atoms with Crippen molar-refractivity contribution >= 4 is 5.91 Å². The molecule has 1 rings (SSSR count). The van der Waals surface area contributed by atoms with Crippen LogP contribution in [0, 0.1) is 0 Å². The van der Waals surface area contributed by atoms with Gasteiger partial charge in [0.05, 0.1) is 19.8 Å². The molecule has 0 aliphatic heterocycles. The molecule has 1 amide bonds. The first-order valence-electron chi connectivity index (χ1n) is 6.58. The predicted molar refractivity (Wildman–Crippen MR) is 79.1 cm³/mol. The van der Waals surface area contributed by atoms with Crippen molar-refractivity contribution in [1.82, 2.24) is 5.32 Å². The van der Waals surface area contributed by atoms with Gasteiger partial charge in [0.25, 0.3) is 0 Å². The molecule has 0 aliphatic rings. The first kappa shape index (κ1) is 16.3. The summed E-state index contributed by atoms with van der Waals surface area (Å²) in [5.74, 6) is 1.21. The Labute approximate surface area is 120 Å². The Hall–Kier alpha value is -1.75. The van der Waals surface area contributed by atoms with E-state index >= 15 is 0 Å². The summed E-state index contributed by atoms with van der Waals surface area (Å²) in [6.45, 7) is 5.32. The molecule has 0 aliphatic carbocycles. The highest BCUT2D eigenvalue weighted by atomic mass is 16.5. The van der Waals surface area contributed by atoms with Crippen LogP contribution >= 0.6 is 0 Å². The monoisotopic (exact) mass is 280 g/mol. The molecule has 1 atom stereocenters. The van der Waals surface area contributed by atoms with Gasteiger partial charge in [-0.15, -0.1) is 0 Å². The Balaban J connectivity index is 2.71. The molecule has 112 valence electrons. The lowest BCUT2D eigenvalue weighted by Crippen LogP contribution is -2.51. The van der Waals surface area contributed by atoms with E-state index in [4.69, 9.17) is 15.2 Å². The fourth-order valence-corrected chi connectivity index (χ4v) is 1.82. The lowest BCUT2D eigenvalue weighted by molar-refractivity contribution is -0.125. The Morgan fingerprint density at radius 2 is 1.90 bits per heavy atom. The van der Waals surface area contributed by atoms with Crippen molar-refractivity contribution in [2.45, 2.75) is 38.8 Å². The summed E-state index contributed by atoms with van der Waals surface area (Å²) in [5.41, 5.74) is 5.95. The van der Waals surface area contributed by atoms with Gasteiger partial charge in [0.2, 0.25) is 5.91 Å². The zero-order valence-electron chi connectivity index (χ0n) is 12.8. The molecule has 1 unspecified atom stereocenters. The van der Waals surface area contributed by atoms with Crippen molar-refractivity contribution in [1.29, 1.82) is 0 Å². The van der Waals surface area contributed by atoms with Crippen molar-refractivity contribution < 1.29 is 14.3 Å². The average Bonchev–Trinajstić information content (AvgIpc) is 2.37. The molecule has 5 heteroatoms. The van der Waals surface area contributed by atoms with E-state index in [1.165, 1.54) is 0 Å². The molecule has 1 aromatic carbocycles. The van der Waals surface area contributed by atoms with Crippen molar-refractivity contribution in [3.8, 4) is 11.5 Å². The lowest BCUT2D eigenvalue weighted by Gasteiger charge is -2.22. The first-order valence-corrected chi connectivity index (χ1v) is 6.58. The molecule has 3 N–H and O–H groups in total. The van der Waals surface area contributed by atoms with Crippen LogP contribution in [0.5, 0.6) is 11.5 Å². The normalized spacial score (nSPS) is 12.7. The highest BCUT2D eigenvalue weighted by Crippen LogP contribution is 2.27. The molecule has 0 radical (unpaired) electrons. The summed E-state index contributed by atoms with van der Waals surface area (Å²) >= 11 is 0. The van der Waals surface area contributed by atoms with Crippen molar-refractivity contribution in [3.63, 3.8) is 0 Å². The van der Waals surface area contributed by atoms with Crippen LogP contribution < -0.4 is 20.5 Å². The standard InChI is InChI=1S/C15H24N2O3/c1-10(17-14(18)15(2,3)16)8-11-6-7-12(19-4)13(9-11)20-5/h6-7,9-10H,8,16H2,1-5H3,(H,17,18). The van der Waals surface area contributed by atoms with Gasteiger partial charge < -0.3 is 20.5 Å². The molecule has 0 aromatic heterocycles. The second kappa shape index (κ2) is 6.61. The number of benzene rings is 1. The molecule has 0 bridgehead atoms. The zero-order valence-corrected chi connectivity index (χ0v) is 12.8. The number of ether oxygens (including phenoxy) is 2. The van der Waals surface area contributed by atoms with Gasteiger partial charge in [0, 0.05) is 6.04 Å². The van der Waals surface area contributed by atoms with Gasteiger partial charge in [-0.3, -0.25) is 4.79 Å². The predicted octanol–water partition coefficient (Wildman–Crippen LogP) is 1.49. The first-order chi connectivity index (χ1) is 9.27. The van der Waals surface area contributed by atoms with Crippen molar-refractivity contribution in [2.75, 3.05) is 14.2 Å². The third kappa shape index (κ3) is 4.42. The van der Waals surface area contributed by atoms with E-state index in [1.807, 2.05) is 25.1 Å². The van der Waals surface area contributed by atoms with Gasteiger partial charge >= 0.3 is 0 Å². The van der Waals surface area contributed by atoms with Gasteiger partial charge in [-0.05, 0) is 44.9 Å². The van der Waals surface area contributed by atoms with E-state index in [9.17, 15) is 4.79 Å². The smallest absolute Gasteiger partial charge is 0.239 e. The van der Waals surface area contributed by atoms with Crippen LogP contribution in [0.25, 0.3) is 0 Å². The molecule has 5 nitrogen and oxygen atoms in total. The summed E-state index contributed by atoms with van der Waals surface area (Å²) < 4.78 is 10.5. The minimum atomic E-state index is -0.869. The largest absolute Gasteiger partial charge is 0.493 e. The maximum atomic E-state index is 11.8. The van der Waals surface area contributed by atoms with E-state index < -0.39 is 5.54 Å². The van der Waals surface area contributed by atoms with Crippen LogP contribution in [-0.2, 0) is 11.2 Å². The van der Waals surface area contributed by atoms with Crippen LogP contribution in [0.1, 0.15) is 26.3 Å². The van der Waals surface area contributed by atoms with E-state index in [1.54, 1.807) is 28.1 Å². The molecule has 0 heterocycles. The molecular weight excluding hydrogens is 256 g/mol. The number of hydrogen-bond donors (Lipinski definition) is 2. The van der Waals surface area contributed by atoms with Crippen LogP contribution in [0.3, 0.4) is 0 Å². The second-order valence-corrected chi connectivity index (χ2v) is 5.49. The molecule has 20 heavy (non-hydrogen) atoms. The lowest BCUT2D eigenvalue weighted by atomic mass is 10.0. The third-order valence-corrected chi connectivity index (χ3v) is 2.95. The summed E-state index contributed by atoms with van der Waals surface area (Å²) in [5, 5.41) is 2.90. The van der Waals surface area contributed by atoms with E-state index in [0.717, 1.165) is 5.56 Å². The van der Waals surface area contributed by atoms with Gasteiger partial charge in [-0.25, -0.2) is 0 Å². The minimum Gasteiger partial charge on any atom is -0.493 e. The van der Waals surface area contributed by atoms with Gasteiger partial charge in [0.1, 0.15) is 0 Å². The highest BCUT2D eigenvalue weighted by Gasteiger charge is 2.23. The number of amides is 1. The number of rotatable bonds is 6. The molecule has 0 spiro atoms. The van der Waals surface area contributed by atoms with Crippen LogP contribution in [-0.4, -0.2) is 31.7 Å². The summed E-state index contributed by atoms with van der Waals surface area (Å²) in [6.07, 6.45) is 0.697. The van der Waals surface area contributed by atoms with Crippen molar-refractivity contribution in [2.24, 2.45) is 5.73 Å². The molecule has 0 fully saturated rings. The zero-order chi connectivity index (χ0) is 15.3. The van der Waals surface area contributed by atoms with E-state index in [-0.39, 0.29) is 11.9 Å². The number of nitrogens with two attached hydrogens (primary N) is 1. The minimum absolute atomic E-state index is 0.0107. The topological polar surface area (TPSA) is 73.6 Å². The van der Waals surface area contributed by atoms with E-state index in [2.05, 4.69) is 5.32 Å². The van der Waals surface area contributed by atoms with E-state index in [0.29, 0.717) is 17.9 Å². The highest BCUT2D eigenvalue weighted by molar-refractivity contribution is 5.85. The Morgan fingerprint density at radius 3 is 2.40 bits per heavy atom. The average molecular weight is 280 g/mol. The van der Waals surface area contributed by atoms with Gasteiger partial charge in [-0.1, -0.05) is 6.07 Å². The number of methoxy groups -OCH3 is 2. The third-order valence-electron chi connectivity index (χ3n) is 2.95. The van der Waals surface area contributed by atoms with Crippen LogP contribution in [0.2, 0.25) is 0 Å². The van der Waals surface area contributed by atoms with Gasteiger partial charge in [0.15, 0.2) is 11.5 Å². The summed E-state index contributed by atoms with van der Waals surface area (Å²) in [6, 6.07) is 5.71. The number of nitrogens with one attached hydrogen (secondary N) is 1. The number of carbonyl (C=O) groups excluding carboxylic acids is 1. The Kier molecular flexibility index (Phi) is 5.39. The fourth-order valence-electron chi connectivity index (χ4n) is 1.82. The second-order valence-electron chi connectivity index (χ2n) is 5.49. The maximum absolute atomic E-state index is 11.8. The fraction of sp³-hybridized carbons (Fsp3) is 0.533. The molecule has 0 saturated carbocycles. The summed E-state index contributed by atoms with van der Waals surface area (Å²) in [7, 11) is 3.20. The molecule has 0 saturated heterocycles. The van der Waals surface area contributed by atoms with Gasteiger partial charge in [-0.2, -0.15) is 0 Å². The van der Waals surface area contributed by atoms with Crippen LogP contribution in [0.15, 0.2) is 18.2 Å². The van der Waals surface area contributed by atoms with Crippen LogP contribution in [0.4, 0.5) is 0 Å². The Bertz CT molecular complexity index is 467. The summed E-state index contributed by atoms with van der Waals surface area (Å²) in [4.78, 5) is 11.8. The van der Waals surface area contributed by atoms with Crippen molar-refractivity contribution in [3.05, 3.63) is 23.8 Å². The quantitative estimate of drug-likeness (QED) is 0.828. The Morgan fingerprint density at radius 1 is 1.30 bits per heavy atom. The maximum Gasteiger partial charge on any atom is 0.239 e. The number of carbonyl (C=O) groups is 1. The molecular formula is C15H24N2O3. The SMILES string of the molecule is COc1ccc(CC(C)NC(=O)C(C)(C)N)cc1OC. The number of hydrogen-bond acceptors (Lipinski definition) is 4.